The maximum atomic E-state index is 13.9. The molecule has 0 fully saturated rings. The number of benzene rings is 1. The zero-order valence-electron chi connectivity index (χ0n) is 42.1. The normalized spacial score (nSPS) is 15.2. The molecule has 21 nitrogen and oxygen atoms in total. The molecule has 0 saturated carbocycles. The topological polar surface area (TPSA) is 333 Å². The molecule has 12 N–H and O–H groups in total. The first kappa shape index (κ1) is 60.9. The lowest BCUT2D eigenvalue weighted by Crippen LogP contribution is -2.60. The van der Waals surface area contributed by atoms with Crippen LogP contribution in [-0.2, 0) is 54.4 Å². The van der Waals surface area contributed by atoms with E-state index in [2.05, 4.69) is 42.5 Å². The third-order valence-electron chi connectivity index (χ3n) is 11.2. The molecule has 0 heterocycles. The van der Waals surface area contributed by atoms with Gasteiger partial charge in [-0.25, -0.2) is 4.79 Å². The van der Waals surface area contributed by atoms with Crippen LogP contribution >= 0.6 is 0 Å². The van der Waals surface area contributed by atoms with Gasteiger partial charge in [-0.2, -0.15) is 0 Å². The van der Waals surface area contributed by atoms with Crippen LogP contribution in [0.2, 0.25) is 0 Å². The van der Waals surface area contributed by atoms with Crippen LogP contribution in [0.25, 0.3) is 0 Å². The molecule has 0 saturated heterocycles. The summed E-state index contributed by atoms with van der Waals surface area (Å²) in [5.41, 5.74) is 6.83. The van der Waals surface area contributed by atoms with E-state index < -0.39 is 132 Å². The summed E-state index contributed by atoms with van der Waals surface area (Å²) in [7, 11) is 0. The van der Waals surface area contributed by atoms with Crippen LogP contribution in [0.4, 0.5) is 0 Å². The first-order chi connectivity index (χ1) is 32.2. The van der Waals surface area contributed by atoms with E-state index in [1.54, 1.807) is 65.8 Å². The zero-order valence-corrected chi connectivity index (χ0v) is 42.1. The third kappa shape index (κ3) is 23.2. The summed E-state index contributed by atoms with van der Waals surface area (Å²) in [4.78, 5) is 131. The van der Waals surface area contributed by atoms with Crippen LogP contribution in [0.3, 0.4) is 0 Å². The summed E-state index contributed by atoms with van der Waals surface area (Å²) in [6, 6.07) is -0.637. The Morgan fingerprint density at radius 1 is 0.536 bits per heavy atom. The van der Waals surface area contributed by atoms with Gasteiger partial charge < -0.3 is 58.5 Å². The van der Waals surface area contributed by atoms with Crippen LogP contribution in [0.5, 0.6) is 0 Å². The first-order valence-corrected chi connectivity index (χ1v) is 23.8. The molecule has 21 heteroatoms. The number of carbonyl (C=O) groups is 10. The van der Waals surface area contributed by atoms with Crippen molar-refractivity contribution in [2.75, 3.05) is 6.54 Å². The van der Waals surface area contributed by atoms with Gasteiger partial charge in [0, 0.05) is 12.8 Å². The average molecular weight is 974 g/mol. The molecule has 69 heavy (non-hydrogen) atoms. The Kier molecular flexibility index (Phi) is 26.8. The van der Waals surface area contributed by atoms with Crippen LogP contribution in [-0.4, -0.2) is 124 Å². The highest BCUT2D eigenvalue weighted by Gasteiger charge is 2.35. The fourth-order valence-corrected chi connectivity index (χ4v) is 7.09. The molecule has 0 spiro atoms. The Bertz CT molecular complexity index is 1890. The molecule has 1 rings (SSSR count). The van der Waals surface area contributed by atoms with E-state index in [0.29, 0.717) is 12.8 Å². The molecule has 0 bridgehead atoms. The van der Waals surface area contributed by atoms with E-state index in [1.807, 2.05) is 33.8 Å². The molecule has 1 aromatic rings. The van der Waals surface area contributed by atoms with Gasteiger partial charge in [0.05, 0.1) is 12.6 Å². The van der Waals surface area contributed by atoms with Crippen molar-refractivity contribution < 1.29 is 58.2 Å². The van der Waals surface area contributed by atoms with Crippen molar-refractivity contribution in [1.29, 1.82) is 0 Å². The molecule has 8 amide bonds. The molecule has 0 radical (unpaired) electrons. The van der Waals surface area contributed by atoms with Crippen LogP contribution in [0.15, 0.2) is 30.3 Å². The van der Waals surface area contributed by atoms with Crippen molar-refractivity contribution in [3.8, 4) is 0 Å². The van der Waals surface area contributed by atoms with Crippen LogP contribution in [0, 0.1) is 29.6 Å². The summed E-state index contributed by atoms with van der Waals surface area (Å²) in [6.07, 6.45) is 0.208. The number of aliphatic carboxylic acids is 2. The number of rotatable bonds is 31. The van der Waals surface area contributed by atoms with E-state index in [4.69, 9.17) is 5.73 Å². The highest BCUT2D eigenvalue weighted by molar-refractivity contribution is 5.97. The predicted molar refractivity (Wildman–Crippen MR) is 257 cm³/mol. The maximum Gasteiger partial charge on any atom is 0.326 e. The third-order valence-corrected chi connectivity index (χ3v) is 11.2. The minimum absolute atomic E-state index is 0.0981. The van der Waals surface area contributed by atoms with Crippen molar-refractivity contribution in [3.05, 3.63) is 35.9 Å². The summed E-state index contributed by atoms with van der Waals surface area (Å²) in [6.45, 7) is 18.5. The number of carboxylic acids is 2. The smallest absolute Gasteiger partial charge is 0.326 e. The van der Waals surface area contributed by atoms with Gasteiger partial charge in [0.2, 0.25) is 47.3 Å². The van der Waals surface area contributed by atoms with Gasteiger partial charge >= 0.3 is 11.9 Å². The lowest BCUT2D eigenvalue weighted by Gasteiger charge is -2.30. The van der Waals surface area contributed by atoms with Crippen molar-refractivity contribution in [2.24, 2.45) is 35.3 Å². The van der Waals surface area contributed by atoms with Crippen LogP contribution in [0.1, 0.15) is 120 Å². The number of carboxylic acid groups (broad SMARTS) is 2. The minimum Gasteiger partial charge on any atom is -0.481 e. The van der Waals surface area contributed by atoms with Gasteiger partial charge in [0.15, 0.2) is 0 Å². The SMILES string of the molecule is CC[C@H](C)[C@H](NC(=O)[C@H](CC(C)C)NC(=O)[C@H](C)NC(=O)[C@H](CC(C)C)NC(=O)CNC(=O)[C@H](Cc1ccccc1)NC(=O)[C@@H](N)CC(C)C)C(=O)N[C@@H](CCC(=O)O)C(=O)N[C@H](C(=O)O)C(C)C. The standard InChI is InChI=1S/C48H79N9O12/c1-12-29(10)40(47(67)53-33(18-19-38(59)60)44(64)56-39(28(8)9)48(68)69)57-46(66)35(22-27(6)7)54-41(61)30(11)51-45(65)34(21-26(4)5)52-37(58)24-50-43(63)36(23-31-16-14-13-15-17-31)55-42(62)32(49)20-25(2)3/h13-17,25-30,32-36,39-40H,12,18-24,49H2,1-11H3,(H,50,63)(H,51,65)(H,52,58)(H,53,67)(H,54,61)(H,55,62)(H,56,64)(H,57,66)(H,59,60)(H,68,69)/t29-,30-,32-,33-,34-,35-,36-,39-,40-/m0/s1. The Morgan fingerprint density at radius 3 is 1.54 bits per heavy atom. The number of nitrogens with one attached hydrogen (secondary N) is 8. The van der Waals surface area contributed by atoms with Gasteiger partial charge in [-0.15, -0.1) is 0 Å². The summed E-state index contributed by atoms with van der Waals surface area (Å²) in [5.74, 6) is -9.70. The highest BCUT2D eigenvalue weighted by Crippen LogP contribution is 2.14. The molecule has 0 aliphatic rings. The van der Waals surface area contributed by atoms with Gasteiger partial charge in [-0.1, -0.05) is 106 Å². The molecular formula is C48H79N9O12. The fourth-order valence-electron chi connectivity index (χ4n) is 7.09. The number of hydrogen-bond acceptors (Lipinski definition) is 11. The minimum atomic E-state index is -1.47. The number of amides is 8. The number of carbonyl (C=O) groups excluding carboxylic acids is 8. The largest absolute Gasteiger partial charge is 0.481 e. The molecule has 0 unspecified atom stereocenters. The summed E-state index contributed by atoms with van der Waals surface area (Å²) >= 11 is 0. The Balaban J connectivity index is 3.17. The number of nitrogens with two attached hydrogens (primary N) is 1. The average Bonchev–Trinajstić information content (AvgIpc) is 3.25. The molecule has 9 atom stereocenters. The Hall–Kier alpha value is -6.12. The quantitative estimate of drug-likeness (QED) is 0.0493. The highest BCUT2D eigenvalue weighted by atomic mass is 16.4. The molecule has 0 aromatic heterocycles. The van der Waals surface area contributed by atoms with Crippen LogP contribution < -0.4 is 48.3 Å². The first-order valence-electron chi connectivity index (χ1n) is 23.8. The lowest BCUT2D eigenvalue weighted by molar-refractivity contribution is -0.144. The van der Waals surface area contributed by atoms with Crippen molar-refractivity contribution in [3.63, 3.8) is 0 Å². The zero-order chi connectivity index (χ0) is 52.7. The second kappa shape index (κ2) is 30.4. The van der Waals surface area contributed by atoms with Crippen molar-refractivity contribution >= 4 is 59.2 Å². The van der Waals surface area contributed by atoms with Gasteiger partial charge in [0.1, 0.15) is 42.3 Å². The van der Waals surface area contributed by atoms with Gasteiger partial charge in [-0.3, -0.25) is 43.2 Å². The van der Waals surface area contributed by atoms with Gasteiger partial charge in [-0.05, 0) is 67.8 Å². The summed E-state index contributed by atoms with van der Waals surface area (Å²) < 4.78 is 0. The Labute approximate surface area is 406 Å². The molecule has 1 aromatic carbocycles. The van der Waals surface area contributed by atoms with E-state index in [0.717, 1.165) is 5.56 Å². The molecule has 0 aliphatic carbocycles. The van der Waals surface area contributed by atoms with Gasteiger partial charge in [0.25, 0.3) is 0 Å². The second-order valence-corrected chi connectivity index (χ2v) is 19.3. The Morgan fingerprint density at radius 2 is 1.03 bits per heavy atom. The van der Waals surface area contributed by atoms with E-state index in [-0.39, 0.29) is 43.4 Å². The molecule has 388 valence electrons. The fraction of sp³-hybridized carbons (Fsp3) is 0.667. The lowest BCUT2D eigenvalue weighted by atomic mass is 9.96. The second-order valence-electron chi connectivity index (χ2n) is 19.3. The summed E-state index contributed by atoms with van der Waals surface area (Å²) in [5, 5.41) is 39.5. The monoisotopic (exact) mass is 974 g/mol. The molecular weight excluding hydrogens is 895 g/mol. The number of hydrogen-bond donors (Lipinski definition) is 11. The predicted octanol–water partition coefficient (Wildman–Crippen LogP) is 0.876. The van der Waals surface area contributed by atoms with Crippen molar-refractivity contribution in [2.45, 2.75) is 169 Å². The van der Waals surface area contributed by atoms with E-state index in [9.17, 15) is 58.2 Å². The van der Waals surface area contributed by atoms with Crippen molar-refractivity contribution in [1.82, 2.24) is 42.5 Å². The maximum absolute atomic E-state index is 13.9. The van der Waals surface area contributed by atoms with E-state index in [1.165, 1.54) is 6.92 Å². The molecule has 0 aliphatic heterocycles. The van der Waals surface area contributed by atoms with E-state index >= 15 is 0 Å².